The molecule has 0 saturated carbocycles. The smallest absolute Gasteiger partial charge is 0.124 e. The van der Waals surface area contributed by atoms with Crippen molar-refractivity contribution < 1.29 is 0 Å². The Labute approximate surface area is 443 Å². The lowest BCUT2D eigenvalue weighted by atomic mass is 9.95. The summed E-state index contributed by atoms with van der Waals surface area (Å²) in [6.45, 7) is 4.37. The number of hydrogen-bond acceptors (Lipinski definition) is 8. The lowest BCUT2D eigenvalue weighted by molar-refractivity contribution is 0.614. The van der Waals surface area contributed by atoms with Gasteiger partial charge < -0.3 is 31.2 Å². The Balaban J connectivity index is 0.000000133. The molecule has 10 aromatic rings. The van der Waals surface area contributed by atoms with E-state index < -0.39 is 0 Å². The molecule has 0 radical (unpaired) electrons. The fourth-order valence-corrected chi connectivity index (χ4v) is 12.9. The van der Waals surface area contributed by atoms with E-state index in [0.29, 0.717) is 24.2 Å². The molecule has 76 heavy (non-hydrogen) atoms. The number of H-pyrrole nitrogens is 2. The van der Waals surface area contributed by atoms with Gasteiger partial charge in [-0.1, -0.05) is 72.8 Å². The molecular formula is C66H62N10. The zero-order chi connectivity index (χ0) is 50.1. The molecule has 8 heterocycles. The molecule has 6 aliphatic rings. The van der Waals surface area contributed by atoms with E-state index in [1.165, 1.54) is 127 Å². The maximum Gasteiger partial charge on any atom is 0.124 e. The molecule has 16 rings (SSSR count). The minimum absolute atomic E-state index is 0.349. The summed E-state index contributed by atoms with van der Waals surface area (Å²) in [7, 11) is 0. The van der Waals surface area contributed by atoms with E-state index in [-0.39, 0.29) is 0 Å². The molecule has 0 aliphatic carbocycles. The summed E-state index contributed by atoms with van der Waals surface area (Å²) in [6, 6.07) is 55.5. The zero-order valence-electron chi connectivity index (χ0n) is 42.9. The van der Waals surface area contributed by atoms with Crippen molar-refractivity contribution in [1.82, 2.24) is 41.2 Å². The second-order valence-electron chi connectivity index (χ2n) is 22.1. The fraction of sp³-hybridized carbons (Fsp3) is 0.273. The van der Waals surface area contributed by atoms with Gasteiger partial charge in [0.15, 0.2) is 0 Å². The van der Waals surface area contributed by atoms with Crippen molar-refractivity contribution in [2.45, 2.75) is 88.4 Å². The van der Waals surface area contributed by atoms with E-state index in [9.17, 15) is 0 Å². The molecule has 0 bridgehead atoms. The van der Waals surface area contributed by atoms with Gasteiger partial charge in [0.25, 0.3) is 0 Å². The summed E-state index contributed by atoms with van der Waals surface area (Å²) >= 11 is 0. The second-order valence-corrected chi connectivity index (χ2v) is 22.1. The highest BCUT2D eigenvalue weighted by Crippen LogP contribution is 2.38. The number of benzene rings is 8. The molecular weight excluding hydrogens is 933 g/mol. The highest BCUT2D eigenvalue weighted by atomic mass is 15.1. The standard InChI is InChI=1S/2C33H31N5/c1-3-28(34-13-1)31-19-26-17-23(9-11-27(26)36-31)21-7-5-20-6-8-22(16-25(20)15-21)24-10-12-29-32(18-24)38-33(37-29)30-4-2-14-35-30;1-3-28(34-13-1)31-19-26-17-24(9-11-27(26)36-31)22-6-5-21-16-23(8-7-20(21)15-22)25-10-12-29-32(18-25)38-33(37-29)30-4-2-14-35-30/h2*5-12,15-18,28,30,34-35H,1-4,13-14,19H2,(H,37,38)/t2*28-,30-/m00/s1. The van der Waals surface area contributed by atoms with Crippen LogP contribution in [0.3, 0.4) is 0 Å². The number of hydrogen-bond donors (Lipinski definition) is 6. The molecule has 4 atom stereocenters. The van der Waals surface area contributed by atoms with Crippen molar-refractivity contribution >= 4 is 66.4 Å². The average molecular weight is 995 g/mol. The van der Waals surface area contributed by atoms with E-state index in [1.54, 1.807) is 0 Å². The summed E-state index contributed by atoms with van der Waals surface area (Å²) in [5, 5.41) is 19.3. The van der Waals surface area contributed by atoms with Crippen LogP contribution in [0, 0.1) is 0 Å². The van der Waals surface area contributed by atoms with Crippen LogP contribution in [0.5, 0.6) is 0 Å². The van der Waals surface area contributed by atoms with Crippen LogP contribution in [0.1, 0.15) is 86.2 Å². The quantitative estimate of drug-likeness (QED) is 0.0899. The first-order valence-electron chi connectivity index (χ1n) is 28.0. The number of aromatic nitrogens is 4. The molecule has 376 valence electrons. The van der Waals surface area contributed by atoms with Gasteiger partial charge in [-0.25, -0.2) is 9.97 Å². The Morgan fingerprint density at radius 2 is 0.684 bits per heavy atom. The van der Waals surface area contributed by atoms with Crippen molar-refractivity contribution in [2.24, 2.45) is 9.98 Å². The van der Waals surface area contributed by atoms with Gasteiger partial charge in [0.2, 0.25) is 0 Å². The van der Waals surface area contributed by atoms with Crippen LogP contribution in [0.4, 0.5) is 11.4 Å². The SMILES string of the molecule is c1cc2c(cc1-c1ccc3cc(-c4ccc5nc([C@@H]6CCCN6)[nH]c5c4)ccc3c1)CC([C@@H]1CCCN1)=N2.c1cc2c(cc1-c1ccc3ccc(-c4ccc5nc([C@@H]6CCCN6)[nH]c5c4)cc3c1)CC([C@@H]1CCCN1)=N2. The van der Waals surface area contributed by atoms with Crippen LogP contribution < -0.4 is 21.3 Å². The van der Waals surface area contributed by atoms with Gasteiger partial charge in [0.1, 0.15) is 11.6 Å². The van der Waals surface area contributed by atoms with Crippen molar-refractivity contribution in [3.05, 3.63) is 168 Å². The fourth-order valence-electron chi connectivity index (χ4n) is 12.9. The van der Waals surface area contributed by atoms with Gasteiger partial charge in [0.05, 0.1) is 45.5 Å². The first-order chi connectivity index (χ1) is 37.5. The van der Waals surface area contributed by atoms with Crippen molar-refractivity contribution in [2.75, 3.05) is 26.2 Å². The molecule has 6 N–H and O–H groups in total. The van der Waals surface area contributed by atoms with Gasteiger partial charge in [0, 0.05) is 36.3 Å². The lowest BCUT2D eigenvalue weighted by Gasteiger charge is -2.09. The monoisotopic (exact) mass is 995 g/mol. The largest absolute Gasteiger partial charge is 0.341 e. The Kier molecular flexibility index (Phi) is 11.6. The Morgan fingerprint density at radius 1 is 0.329 bits per heavy atom. The molecule has 8 aromatic carbocycles. The number of nitrogens with zero attached hydrogens (tertiary/aromatic N) is 4. The zero-order valence-corrected chi connectivity index (χ0v) is 42.9. The molecule has 6 aliphatic heterocycles. The van der Waals surface area contributed by atoms with E-state index in [2.05, 4.69) is 177 Å². The van der Waals surface area contributed by atoms with Crippen molar-refractivity contribution in [1.29, 1.82) is 0 Å². The maximum atomic E-state index is 4.95. The Hall–Kier alpha value is -7.60. The molecule has 4 saturated heterocycles. The molecule has 0 amide bonds. The minimum Gasteiger partial charge on any atom is -0.341 e. The summed E-state index contributed by atoms with van der Waals surface area (Å²) in [5.41, 5.74) is 21.8. The predicted octanol–water partition coefficient (Wildman–Crippen LogP) is 13.7. The number of imidazole rings is 2. The van der Waals surface area contributed by atoms with Crippen molar-refractivity contribution in [3.8, 4) is 44.5 Å². The third-order valence-electron chi connectivity index (χ3n) is 17.2. The van der Waals surface area contributed by atoms with E-state index in [0.717, 1.165) is 97.0 Å². The topological polar surface area (TPSA) is 130 Å². The lowest BCUT2D eigenvalue weighted by Crippen LogP contribution is -2.30. The molecule has 10 heteroatoms. The number of aliphatic imine (C=N–C) groups is 2. The molecule has 0 spiro atoms. The maximum absolute atomic E-state index is 4.95. The highest BCUT2D eigenvalue weighted by Gasteiger charge is 2.27. The third kappa shape index (κ3) is 8.73. The summed E-state index contributed by atoms with van der Waals surface area (Å²) in [5.74, 6) is 2.12. The first-order valence-corrected chi connectivity index (χ1v) is 28.0. The molecule has 10 nitrogen and oxygen atoms in total. The third-order valence-corrected chi connectivity index (χ3v) is 17.2. The van der Waals surface area contributed by atoms with Gasteiger partial charge in [-0.05, 0) is 228 Å². The normalized spacial score (nSPS) is 20.9. The summed E-state index contributed by atoms with van der Waals surface area (Å²) in [6.07, 6.45) is 11.6. The van der Waals surface area contributed by atoms with Gasteiger partial charge in [-0.2, -0.15) is 0 Å². The van der Waals surface area contributed by atoms with Gasteiger partial charge in [-0.15, -0.1) is 0 Å². The first kappa shape index (κ1) is 45.8. The number of aromatic amines is 2. The van der Waals surface area contributed by atoms with E-state index in [1.807, 2.05) is 0 Å². The summed E-state index contributed by atoms with van der Waals surface area (Å²) < 4.78 is 0. The molecule has 2 aromatic heterocycles. The average Bonchev–Trinajstić information content (AvgIpc) is 4.32. The molecule has 4 fully saturated rings. The van der Waals surface area contributed by atoms with Crippen LogP contribution in [0.2, 0.25) is 0 Å². The second kappa shape index (κ2) is 19.2. The van der Waals surface area contributed by atoms with Crippen molar-refractivity contribution in [3.63, 3.8) is 0 Å². The van der Waals surface area contributed by atoms with Crippen LogP contribution >= 0.6 is 0 Å². The van der Waals surface area contributed by atoms with Crippen LogP contribution in [0.15, 0.2) is 156 Å². The molecule has 0 unspecified atom stereocenters. The number of fused-ring (bicyclic) bond motifs is 6. The highest BCUT2D eigenvalue weighted by molar-refractivity contribution is 6.00. The minimum atomic E-state index is 0.349. The Morgan fingerprint density at radius 3 is 1.11 bits per heavy atom. The van der Waals surface area contributed by atoms with Crippen LogP contribution in [-0.4, -0.2) is 69.6 Å². The summed E-state index contributed by atoms with van der Waals surface area (Å²) in [4.78, 5) is 26.7. The van der Waals surface area contributed by atoms with Crippen LogP contribution in [-0.2, 0) is 12.8 Å². The Bertz CT molecular complexity index is 3950. The number of nitrogens with one attached hydrogen (secondary N) is 6. The number of rotatable bonds is 8. The predicted molar refractivity (Wildman–Crippen MR) is 313 cm³/mol. The van der Waals surface area contributed by atoms with E-state index in [4.69, 9.17) is 20.0 Å². The van der Waals surface area contributed by atoms with Crippen LogP contribution in [0.25, 0.3) is 88.1 Å². The van der Waals surface area contributed by atoms with E-state index >= 15 is 0 Å². The van der Waals surface area contributed by atoms with Gasteiger partial charge in [-0.3, -0.25) is 9.98 Å². The van der Waals surface area contributed by atoms with Gasteiger partial charge >= 0.3 is 0 Å².